The zero-order chi connectivity index (χ0) is 21.8. The second kappa shape index (κ2) is 9.55. The number of aliphatic hydroxyl groups excluding tert-OH is 1. The minimum atomic E-state index is -0.0723. The summed E-state index contributed by atoms with van der Waals surface area (Å²) in [4.78, 5) is 12.2. The Morgan fingerprint density at radius 3 is 2.81 bits per heavy atom. The third-order valence-corrected chi connectivity index (χ3v) is 6.67. The molecule has 1 aromatic heterocycles. The van der Waals surface area contributed by atoms with Gasteiger partial charge in [-0.2, -0.15) is 5.26 Å². The predicted octanol–water partition coefficient (Wildman–Crippen LogP) is 4.64. The highest BCUT2D eigenvalue weighted by atomic mass is 16.3. The van der Waals surface area contributed by atoms with Crippen molar-refractivity contribution in [1.29, 1.82) is 5.26 Å². The first-order valence-electron chi connectivity index (χ1n) is 11.1. The molecule has 3 heterocycles. The smallest absolute Gasteiger partial charge is 0.0991 e. The summed E-state index contributed by atoms with van der Waals surface area (Å²) in [6.45, 7) is 4.95. The number of dihydropyridines is 1. The van der Waals surface area contributed by atoms with E-state index < -0.39 is 0 Å². The average Bonchev–Trinajstić information content (AvgIpc) is 2.80. The summed E-state index contributed by atoms with van der Waals surface area (Å²) in [6, 6.07) is 12.6. The first-order chi connectivity index (χ1) is 15.1. The minimum absolute atomic E-state index is 0.0723. The van der Waals surface area contributed by atoms with Crippen LogP contribution < -0.4 is 0 Å². The quantitative estimate of drug-likeness (QED) is 0.724. The van der Waals surface area contributed by atoms with E-state index in [2.05, 4.69) is 37.0 Å². The van der Waals surface area contributed by atoms with E-state index in [1.165, 1.54) is 11.1 Å². The SMILES string of the molecule is CC1=CCC=NC1[C@H]1CCC[C@@H](c2ncccc2C)N1Cc1ccc(C#N)cc1CO. The van der Waals surface area contributed by atoms with Gasteiger partial charge in [0.25, 0.3) is 0 Å². The molecular formula is C26H30N4O. The molecule has 2 aromatic rings. The summed E-state index contributed by atoms with van der Waals surface area (Å²) in [5.41, 5.74) is 6.13. The van der Waals surface area contributed by atoms with E-state index in [-0.39, 0.29) is 24.7 Å². The second-order valence-electron chi connectivity index (χ2n) is 8.61. The summed E-state index contributed by atoms with van der Waals surface area (Å²) in [5, 5.41) is 19.2. The Balaban J connectivity index is 1.75. The van der Waals surface area contributed by atoms with Gasteiger partial charge in [0, 0.05) is 31.4 Å². The van der Waals surface area contributed by atoms with Crippen molar-refractivity contribution >= 4 is 6.21 Å². The monoisotopic (exact) mass is 414 g/mol. The van der Waals surface area contributed by atoms with Crippen LogP contribution in [0.3, 0.4) is 0 Å². The number of hydrogen-bond donors (Lipinski definition) is 1. The highest BCUT2D eigenvalue weighted by molar-refractivity contribution is 5.62. The molecule has 0 bridgehead atoms. The third-order valence-electron chi connectivity index (χ3n) is 6.67. The number of allylic oxidation sites excluding steroid dienone is 1. The lowest BCUT2D eigenvalue weighted by Crippen LogP contribution is -2.48. The predicted molar refractivity (Wildman–Crippen MR) is 123 cm³/mol. The van der Waals surface area contributed by atoms with Crippen LogP contribution in [-0.2, 0) is 13.2 Å². The molecule has 1 saturated heterocycles. The fourth-order valence-corrected chi connectivity index (χ4v) is 5.04. The van der Waals surface area contributed by atoms with Crippen molar-refractivity contribution in [3.63, 3.8) is 0 Å². The van der Waals surface area contributed by atoms with Gasteiger partial charge >= 0.3 is 0 Å². The van der Waals surface area contributed by atoms with E-state index in [9.17, 15) is 10.4 Å². The van der Waals surface area contributed by atoms with Crippen LogP contribution in [0.5, 0.6) is 0 Å². The Kier molecular flexibility index (Phi) is 6.60. The van der Waals surface area contributed by atoms with Crippen molar-refractivity contribution in [2.24, 2.45) is 4.99 Å². The molecule has 5 heteroatoms. The van der Waals surface area contributed by atoms with Crippen molar-refractivity contribution in [2.75, 3.05) is 0 Å². The van der Waals surface area contributed by atoms with E-state index in [1.807, 2.05) is 30.6 Å². The molecule has 1 aromatic carbocycles. The van der Waals surface area contributed by atoms with E-state index in [4.69, 9.17) is 9.98 Å². The summed E-state index contributed by atoms with van der Waals surface area (Å²) in [7, 11) is 0. The number of nitriles is 1. The highest BCUT2D eigenvalue weighted by Crippen LogP contribution is 2.39. The van der Waals surface area contributed by atoms with E-state index >= 15 is 0 Å². The van der Waals surface area contributed by atoms with Gasteiger partial charge in [-0.15, -0.1) is 0 Å². The number of aryl methyl sites for hydroxylation is 1. The number of benzene rings is 1. The van der Waals surface area contributed by atoms with Gasteiger partial charge in [0.2, 0.25) is 0 Å². The molecule has 0 spiro atoms. The van der Waals surface area contributed by atoms with Gasteiger partial charge in [-0.25, -0.2) is 0 Å². The van der Waals surface area contributed by atoms with Crippen LogP contribution in [-0.4, -0.2) is 33.3 Å². The lowest BCUT2D eigenvalue weighted by Gasteiger charge is -2.45. The number of hydrogen-bond acceptors (Lipinski definition) is 5. The lowest BCUT2D eigenvalue weighted by molar-refractivity contribution is 0.0617. The van der Waals surface area contributed by atoms with Gasteiger partial charge in [-0.1, -0.05) is 23.8 Å². The lowest BCUT2D eigenvalue weighted by atomic mass is 9.84. The molecule has 4 rings (SSSR count). The van der Waals surface area contributed by atoms with Crippen molar-refractivity contribution in [2.45, 2.75) is 70.8 Å². The second-order valence-corrected chi connectivity index (χ2v) is 8.61. The number of aliphatic imine (C=N–C) groups is 1. The Morgan fingerprint density at radius 1 is 1.19 bits per heavy atom. The van der Waals surface area contributed by atoms with Crippen LogP contribution in [0, 0.1) is 18.3 Å². The van der Waals surface area contributed by atoms with Crippen molar-refractivity contribution in [3.05, 3.63) is 76.1 Å². The minimum Gasteiger partial charge on any atom is -0.392 e. The molecule has 1 fully saturated rings. The molecule has 160 valence electrons. The Morgan fingerprint density at radius 2 is 2.06 bits per heavy atom. The highest BCUT2D eigenvalue weighted by Gasteiger charge is 2.38. The van der Waals surface area contributed by atoms with Crippen LogP contribution in [0.15, 0.2) is 53.2 Å². The molecule has 0 saturated carbocycles. The molecule has 0 radical (unpaired) electrons. The molecule has 1 N–H and O–H groups in total. The van der Waals surface area contributed by atoms with Gasteiger partial charge in [0.15, 0.2) is 0 Å². The number of aromatic nitrogens is 1. The molecule has 3 atom stereocenters. The number of nitrogens with zero attached hydrogens (tertiary/aromatic N) is 4. The number of piperidine rings is 1. The normalized spacial score (nSPS) is 23.9. The van der Waals surface area contributed by atoms with Crippen molar-refractivity contribution in [1.82, 2.24) is 9.88 Å². The number of rotatable bonds is 5. The van der Waals surface area contributed by atoms with Gasteiger partial charge in [0.1, 0.15) is 0 Å². The zero-order valence-corrected chi connectivity index (χ0v) is 18.3. The Hall–Kier alpha value is -2.81. The molecule has 31 heavy (non-hydrogen) atoms. The van der Waals surface area contributed by atoms with Crippen LogP contribution in [0.25, 0.3) is 0 Å². The number of likely N-dealkylation sites (tertiary alicyclic amines) is 1. The molecule has 2 aliphatic rings. The Bertz CT molecular complexity index is 1040. The maximum absolute atomic E-state index is 9.98. The van der Waals surface area contributed by atoms with Gasteiger partial charge < -0.3 is 5.11 Å². The topological polar surface area (TPSA) is 72.5 Å². The maximum atomic E-state index is 9.98. The number of pyridine rings is 1. The van der Waals surface area contributed by atoms with E-state index in [1.54, 1.807) is 6.07 Å². The summed E-state index contributed by atoms with van der Waals surface area (Å²) >= 11 is 0. The fraction of sp³-hybridized carbons (Fsp3) is 0.423. The average molecular weight is 415 g/mol. The van der Waals surface area contributed by atoms with Crippen LogP contribution in [0.4, 0.5) is 0 Å². The van der Waals surface area contributed by atoms with Gasteiger partial charge in [-0.05, 0) is 68.0 Å². The van der Waals surface area contributed by atoms with E-state index in [0.717, 1.165) is 42.5 Å². The Labute approximate surface area is 184 Å². The molecule has 0 amide bonds. The van der Waals surface area contributed by atoms with Crippen LogP contribution in [0.2, 0.25) is 0 Å². The maximum Gasteiger partial charge on any atom is 0.0991 e. The number of aliphatic hydroxyl groups is 1. The summed E-state index contributed by atoms with van der Waals surface area (Å²) in [5.74, 6) is 0. The van der Waals surface area contributed by atoms with Crippen molar-refractivity contribution < 1.29 is 5.11 Å². The standard InChI is InChI=1S/C26H30N4O/c1-18-6-4-12-28-25(18)23-8-3-9-24(26-19(2)7-5-13-29-26)30(23)16-21-11-10-20(15-27)14-22(21)17-31/h4,6-7,10-14,23-24,26,31H,3,5,8-9,16-17H2,1-2H3/t23-,24+,26?/m0/s1. The largest absolute Gasteiger partial charge is 0.392 e. The molecule has 1 unspecified atom stereocenters. The van der Waals surface area contributed by atoms with Crippen LogP contribution in [0.1, 0.15) is 66.6 Å². The molecule has 2 aliphatic heterocycles. The molecule has 5 nitrogen and oxygen atoms in total. The van der Waals surface area contributed by atoms with Gasteiger partial charge in [0.05, 0.1) is 36.0 Å². The molecular weight excluding hydrogens is 384 g/mol. The van der Waals surface area contributed by atoms with Gasteiger partial charge in [-0.3, -0.25) is 14.9 Å². The van der Waals surface area contributed by atoms with E-state index in [0.29, 0.717) is 12.1 Å². The zero-order valence-electron chi connectivity index (χ0n) is 18.3. The first-order valence-corrected chi connectivity index (χ1v) is 11.1. The summed E-state index contributed by atoms with van der Waals surface area (Å²) in [6.07, 6.45) is 10.4. The van der Waals surface area contributed by atoms with Crippen LogP contribution >= 0.6 is 0 Å². The first kappa shape index (κ1) is 21.4. The summed E-state index contributed by atoms with van der Waals surface area (Å²) < 4.78 is 0. The van der Waals surface area contributed by atoms with Crippen molar-refractivity contribution in [3.8, 4) is 6.07 Å². The fourth-order valence-electron chi connectivity index (χ4n) is 5.04. The third kappa shape index (κ3) is 4.46. The molecule has 0 aliphatic carbocycles.